The third-order valence-corrected chi connectivity index (χ3v) is 5.78. The van der Waals surface area contributed by atoms with Gasteiger partial charge in [-0.25, -0.2) is 13.1 Å². The molecule has 0 saturated heterocycles. The quantitative estimate of drug-likeness (QED) is 0.734. The van der Waals surface area contributed by atoms with Crippen LogP contribution in [0.4, 0.5) is 0 Å². The largest absolute Gasteiger partial charge is 0.278 e. The van der Waals surface area contributed by atoms with Gasteiger partial charge in [0.2, 0.25) is 10.0 Å². The van der Waals surface area contributed by atoms with Crippen molar-refractivity contribution in [3.63, 3.8) is 0 Å². The first-order chi connectivity index (χ1) is 11.0. The SMILES string of the molecule is C[S@](=O)c1ccc(CNS(=O)(=O)c2ccc3cn[nH]c3c2)cc1. The van der Waals surface area contributed by atoms with Crippen LogP contribution in [0.15, 0.2) is 58.5 Å². The van der Waals surface area contributed by atoms with Crippen LogP contribution in [0.2, 0.25) is 0 Å². The predicted octanol–water partition coefficient (Wildman–Crippen LogP) is 1.78. The molecule has 1 atom stereocenters. The van der Waals surface area contributed by atoms with E-state index >= 15 is 0 Å². The van der Waals surface area contributed by atoms with Gasteiger partial charge in [0, 0.05) is 33.9 Å². The summed E-state index contributed by atoms with van der Waals surface area (Å²) in [6.45, 7) is 0.167. The highest BCUT2D eigenvalue weighted by molar-refractivity contribution is 7.89. The summed E-state index contributed by atoms with van der Waals surface area (Å²) in [6, 6.07) is 11.8. The second-order valence-corrected chi connectivity index (χ2v) is 8.19. The summed E-state index contributed by atoms with van der Waals surface area (Å²) in [5.41, 5.74) is 1.47. The molecule has 0 bridgehead atoms. The maximum absolute atomic E-state index is 12.4. The van der Waals surface area contributed by atoms with Crippen molar-refractivity contribution in [1.82, 2.24) is 14.9 Å². The van der Waals surface area contributed by atoms with Gasteiger partial charge < -0.3 is 0 Å². The first-order valence-corrected chi connectivity index (χ1v) is 9.85. The summed E-state index contributed by atoms with van der Waals surface area (Å²) >= 11 is 0. The Kier molecular flexibility index (Phi) is 4.29. The molecular weight excluding hydrogens is 334 g/mol. The van der Waals surface area contributed by atoms with E-state index in [0.29, 0.717) is 10.4 Å². The Morgan fingerprint density at radius 1 is 1.17 bits per heavy atom. The number of aromatic amines is 1. The van der Waals surface area contributed by atoms with Crippen LogP contribution in [0.1, 0.15) is 5.56 Å². The molecule has 0 fully saturated rings. The third-order valence-electron chi connectivity index (χ3n) is 3.45. The fourth-order valence-corrected chi connectivity index (χ4v) is 3.71. The zero-order valence-corrected chi connectivity index (χ0v) is 13.9. The molecule has 2 N–H and O–H groups in total. The minimum Gasteiger partial charge on any atom is -0.278 e. The lowest BCUT2D eigenvalue weighted by atomic mass is 10.2. The normalized spacial score (nSPS) is 13.3. The summed E-state index contributed by atoms with van der Waals surface area (Å²) in [5.74, 6) is 0. The van der Waals surface area contributed by atoms with E-state index in [9.17, 15) is 12.6 Å². The molecule has 120 valence electrons. The van der Waals surface area contributed by atoms with E-state index in [1.807, 2.05) is 0 Å². The van der Waals surface area contributed by atoms with E-state index in [1.165, 1.54) is 0 Å². The Balaban J connectivity index is 1.76. The van der Waals surface area contributed by atoms with Crippen LogP contribution in [-0.4, -0.2) is 29.1 Å². The van der Waals surface area contributed by atoms with Crippen molar-refractivity contribution in [2.75, 3.05) is 6.26 Å². The number of aromatic nitrogens is 2. The average Bonchev–Trinajstić information content (AvgIpc) is 3.01. The summed E-state index contributed by atoms with van der Waals surface area (Å²) < 4.78 is 38.6. The van der Waals surface area contributed by atoms with Gasteiger partial charge in [0.1, 0.15) is 0 Å². The molecule has 23 heavy (non-hydrogen) atoms. The van der Waals surface area contributed by atoms with Gasteiger partial charge in [0.25, 0.3) is 0 Å². The minimum atomic E-state index is -3.61. The Morgan fingerprint density at radius 3 is 2.61 bits per heavy atom. The summed E-state index contributed by atoms with van der Waals surface area (Å²) in [6.07, 6.45) is 3.24. The molecule has 0 spiro atoms. The van der Waals surface area contributed by atoms with Gasteiger partial charge in [-0.2, -0.15) is 5.10 Å². The van der Waals surface area contributed by atoms with E-state index in [4.69, 9.17) is 0 Å². The van der Waals surface area contributed by atoms with Gasteiger partial charge in [0.05, 0.1) is 16.6 Å². The molecular formula is C15H15N3O3S2. The Labute approximate surface area is 136 Å². The Bertz CT molecular complexity index is 963. The lowest BCUT2D eigenvalue weighted by molar-refractivity contribution is 0.581. The van der Waals surface area contributed by atoms with Crippen LogP contribution < -0.4 is 4.72 Å². The number of sulfonamides is 1. The van der Waals surface area contributed by atoms with Gasteiger partial charge in [-0.05, 0) is 35.9 Å². The molecule has 1 heterocycles. The highest BCUT2D eigenvalue weighted by Crippen LogP contribution is 2.17. The first kappa shape index (κ1) is 15.9. The molecule has 0 aliphatic rings. The van der Waals surface area contributed by atoms with E-state index < -0.39 is 20.8 Å². The second kappa shape index (κ2) is 6.23. The molecule has 0 amide bonds. The van der Waals surface area contributed by atoms with Crippen molar-refractivity contribution in [2.24, 2.45) is 0 Å². The highest BCUT2D eigenvalue weighted by Gasteiger charge is 2.14. The van der Waals surface area contributed by atoms with Gasteiger partial charge in [-0.1, -0.05) is 12.1 Å². The Hall–Kier alpha value is -2.03. The first-order valence-electron chi connectivity index (χ1n) is 6.81. The number of benzene rings is 2. The Morgan fingerprint density at radius 2 is 1.91 bits per heavy atom. The van der Waals surface area contributed by atoms with Crippen LogP contribution in [0.25, 0.3) is 10.9 Å². The van der Waals surface area contributed by atoms with Crippen molar-refractivity contribution in [3.8, 4) is 0 Å². The van der Waals surface area contributed by atoms with Gasteiger partial charge in [-0.3, -0.25) is 9.31 Å². The number of hydrogen-bond acceptors (Lipinski definition) is 4. The highest BCUT2D eigenvalue weighted by atomic mass is 32.2. The average molecular weight is 349 g/mol. The molecule has 8 heteroatoms. The van der Waals surface area contributed by atoms with Crippen LogP contribution in [0.5, 0.6) is 0 Å². The standard InChI is InChI=1S/C15H15N3O3S2/c1-22(19)13-5-2-11(3-6-13)9-17-23(20,21)14-7-4-12-10-16-18-15(12)8-14/h2-8,10,17H,9H2,1H3,(H,16,18)/t22-/m0/s1. The van der Waals surface area contributed by atoms with Gasteiger partial charge in [-0.15, -0.1) is 0 Å². The zero-order chi connectivity index (χ0) is 16.4. The van der Waals surface area contributed by atoms with Crippen LogP contribution >= 0.6 is 0 Å². The van der Waals surface area contributed by atoms with Gasteiger partial charge in [0.15, 0.2) is 0 Å². The molecule has 0 saturated carbocycles. The van der Waals surface area contributed by atoms with Crippen molar-refractivity contribution < 1.29 is 12.6 Å². The van der Waals surface area contributed by atoms with Gasteiger partial charge >= 0.3 is 0 Å². The maximum atomic E-state index is 12.4. The molecule has 0 aliphatic heterocycles. The minimum absolute atomic E-state index is 0.167. The molecule has 2 aromatic carbocycles. The molecule has 1 aromatic heterocycles. The van der Waals surface area contributed by atoms with Crippen molar-refractivity contribution in [1.29, 1.82) is 0 Å². The number of hydrogen-bond donors (Lipinski definition) is 2. The third kappa shape index (κ3) is 3.49. The van der Waals surface area contributed by atoms with Crippen molar-refractivity contribution in [3.05, 3.63) is 54.2 Å². The van der Waals surface area contributed by atoms with E-state index in [1.54, 1.807) is 54.9 Å². The van der Waals surface area contributed by atoms with E-state index in [2.05, 4.69) is 14.9 Å². The fourth-order valence-electron chi connectivity index (χ4n) is 2.14. The molecule has 6 nitrogen and oxygen atoms in total. The number of nitrogens with zero attached hydrogens (tertiary/aromatic N) is 1. The molecule has 0 radical (unpaired) electrons. The summed E-state index contributed by atoms with van der Waals surface area (Å²) in [7, 11) is -4.66. The zero-order valence-electron chi connectivity index (χ0n) is 12.3. The molecule has 0 aliphatic carbocycles. The monoisotopic (exact) mass is 349 g/mol. The molecule has 3 aromatic rings. The maximum Gasteiger partial charge on any atom is 0.240 e. The van der Waals surface area contributed by atoms with E-state index in [0.717, 1.165) is 10.9 Å². The van der Waals surface area contributed by atoms with Crippen molar-refractivity contribution in [2.45, 2.75) is 16.3 Å². The number of nitrogens with one attached hydrogen (secondary N) is 2. The van der Waals surface area contributed by atoms with Crippen molar-refractivity contribution >= 4 is 31.7 Å². The second-order valence-electron chi connectivity index (χ2n) is 5.04. The number of fused-ring (bicyclic) bond motifs is 1. The number of H-pyrrole nitrogens is 1. The smallest absolute Gasteiger partial charge is 0.240 e. The predicted molar refractivity (Wildman–Crippen MR) is 88.9 cm³/mol. The molecule has 0 unspecified atom stereocenters. The lowest BCUT2D eigenvalue weighted by Gasteiger charge is -2.07. The van der Waals surface area contributed by atoms with Crippen LogP contribution in [-0.2, 0) is 27.4 Å². The number of rotatable bonds is 5. The van der Waals surface area contributed by atoms with E-state index in [-0.39, 0.29) is 11.4 Å². The lowest BCUT2D eigenvalue weighted by Crippen LogP contribution is -2.23. The summed E-state index contributed by atoms with van der Waals surface area (Å²) in [5, 5.41) is 7.48. The fraction of sp³-hybridized carbons (Fsp3) is 0.133. The van der Waals surface area contributed by atoms with Crippen LogP contribution in [0, 0.1) is 0 Å². The van der Waals surface area contributed by atoms with Crippen LogP contribution in [0.3, 0.4) is 0 Å². The summed E-state index contributed by atoms with van der Waals surface area (Å²) in [4.78, 5) is 0.891. The topological polar surface area (TPSA) is 91.9 Å². The molecule has 3 rings (SSSR count).